The SMILES string of the molecule is COCC(CCCN)N1CCN2CCCC2C1. The molecule has 2 atom stereocenters. The van der Waals surface area contributed by atoms with Crippen molar-refractivity contribution in [1.29, 1.82) is 0 Å². The molecule has 2 aliphatic heterocycles. The van der Waals surface area contributed by atoms with Crippen LogP contribution < -0.4 is 5.73 Å². The molecule has 17 heavy (non-hydrogen) atoms. The highest BCUT2D eigenvalue weighted by atomic mass is 16.5. The molecule has 0 aliphatic carbocycles. The van der Waals surface area contributed by atoms with Crippen LogP contribution in [0.2, 0.25) is 0 Å². The number of hydrogen-bond acceptors (Lipinski definition) is 4. The molecular formula is C13H27N3O. The molecule has 0 aromatic rings. The van der Waals surface area contributed by atoms with Crippen LogP contribution in [0.5, 0.6) is 0 Å². The van der Waals surface area contributed by atoms with Crippen molar-refractivity contribution in [2.75, 3.05) is 46.4 Å². The summed E-state index contributed by atoms with van der Waals surface area (Å²) in [6.45, 7) is 6.65. The van der Waals surface area contributed by atoms with Gasteiger partial charge < -0.3 is 10.5 Å². The van der Waals surface area contributed by atoms with Gasteiger partial charge in [-0.1, -0.05) is 0 Å². The van der Waals surface area contributed by atoms with E-state index in [2.05, 4.69) is 9.80 Å². The highest BCUT2D eigenvalue weighted by molar-refractivity contribution is 4.89. The van der Waals surface area contributed by atoms with Crippen LogP contribution >= 0.6 is 0 Å². The van der Waals surface area contributed by atoms with Crippen molar-refractivity contribution < 1.29 is 4.74 Å². The third-order valence-corrected chi connectivity index (χ3v) is 4.24. The monoisotopic (exact) mass is 241 g/mol. The van der Waals surface area contributed by atoms with Gasteiger partial charge in [0.2, 0.25) is 0 Å². The summed E-state index contributed by atoms with van der Waals surface area (Å²) in [6.07, 6.45) is 5.05. The molecule has 2 saturated heterocycles. The zero-order chi connectivity index (χ0) is 12.1. The fourth-order valence-corrected chi connectivity index (χ4v) is 3.26. The Morgan fingerprint density at radius 1 is 1.35 bits per heavy atom. The lowest BCUT2D eigenvalue weighted by Crippen LogP contribution is -2.54. The van der Waals surface area contributed by atoms with Gasteiger partial charge in [-0.15, -0.1) is 0 Å². The van der Waals surface area contributed by atoms with E-state index in [4.69, 9.17) is 10.5 Å². The minimum Gasteiger partial charge on any atom is -0.383 e. The molecule has 0 bridgehead atoms. The zero-order valence-electron chi connectivity index (χ0n) is 11.1. The molecular weight excluding hydrogens is 214 g/mol. The summed E-state index contributed by atoms with van der Waals surface area (Å²) >= 11 is 0. The first-order valence-corrected chi connectivity index (χ1v) is 7.02. The second-order valence-corrected chi connectivity index (χ2v) is 5.37. The Hall–Kier alpha value is -0.160. The lowest BCUT2D eigenvalue weighted by molar-refractivity contribution is 0.0303. The Bertz CT molecular complexity index is 225. The quantitative estimate of drug-likeness (QED) is 0.736. The van der Waals surface area contributed by atoms with Gasteiger partial charge in [-0.25, -0.2) is 0 Å². The van der Waals surface area contributed by atoms with Crippen LogP contribution in [0.3, 0.4) is 0 Å². The van der Waals surface area contributed by atoms with Gasteiger partial charge in [-0.2, -0.15) is 0 Å². The average molecular weight is 241 g/mol. The average Bonchev–Trinajstić information content (AvgIpc) is 2.81. The summed E-state index contributed by atoms with van der Waals surface area (Å²) in [5.41, 5.74) is 5.62. The topological polar surface area (TPSA) is 41.7 Å². The van der Waals surface area contributed by atoms with E-state index in [-0.39, 0.29) is 0 Å². The number of nitrogens with two attached hydrogens (primary N) is 1. The second-order valence-electron chi connectivity index (χ2n) is 5.37. The van der Waals surface area contributed by atoms with Crippen molar-refractivity contribution in [3.63, 3.8) is 0 Å². The molecule has 0 spiro atoms. The molecule has 2 aliphatic rings. The lowest BCUT2D eigenvalue weighted by atomic mass is 10.1. The smallest absolute Gasteiger partial charge is 0.0618 e. The molecule has 2 rings (SSSR count). The molecule has 0 radical (unpaired) electrons. The molecule has 4 nitrogen and oxygen atoms in total. The maximum Gasteiger partial charge on any atom is 0.0618 e. The van der Waals surface area contributed by atoms with Crippen molar-refractivity contribution >= 4 is 0 Å². The summed E-state index contributed by atoms with van der Waals surface area (Å²) < 4.78 is 5.37. The Morgan fingerprint density at radius 2 is 2.24 bits per heavy atom. The number of ether oxygens (including phenoxy) is 1. The number of fused-ring (bicyclic) bond motifs is 1. The minimum atomic E-state index is 0.575. The summed E-state index contributed by atoms with van der Waals surface area (Å²) in [7, 11) is 1.81. The molecule has 2 unspecified atom stereocenters. The number of piperazine rings is 1. The number of nitrogens with zero attached hydrogens (tertiary/aromatic N) is 2. The van der Waals surface area contributed by atoms with Crippen LogP contribution in [0.4, 0.5) is 0 Å². The summed E-state index contributed by atoms with van der Waals surface area (Å²) in [6, 6.07) is 1.38. The first-order valence-electron chi connectivity index (χ1n) is 7.02. The third-order valence-electron chi connectivity index (χ3n) is 4.24. The van der Waals surface area contributed by atoms with Crippen molar-refractivity contribution in [1.82, 2.24) is 9.80 Å². The minimum absolute atomic E-state index is 0.575. The molecule has 0 amide bonds. The summed E-state index contributed by atoms with van der Waals surface area (Å²) in [5.74, 6) is 0. The van der Waals surface area contributed by atoms with Crippen LogP contribution in [-0.4, -0.2) is 68.3 Å². The van der Waals surface area contributed by atoms with Crippen LogP contribution in [0.15, 0.2) is 0 Å². The maximum atomic E-state index is 5.62. The molecule has 2 N–H and O–H groups in total. The Morgan fingerprint density at radius 3 is 3.00 bits per heavy atom. The molecule has 100 valence electrons. The second kappa shape index (κ2) is 6.69. The highest BCUT2D eigenvalue weighted by Gasteiger charge is 2.33. The number of methoxy groups -OCH3 is 1. The fourth-order valence-electron chi connectivity index (χ4n) is 3.26. The van der Waals surface area contributed by atoms with E-state index < -0.39 is 0 Å². The van der Waals surface area contributed by atoms with Gasteiger partial charge >= 0.3 is 0 Å². The number of hydrogen-bond donors (Lipinski definition) is 1. The largest absolute Gasteiger partial charge is 0.383 e. The zero-order valence-corrected chi connectivity index (χ0v) is 11.1. The Kier molecular flexibility index (Phi) is 5.22. The molecule has 0 aromatic carbocycles. The predicted octanol–water partition coefficient (Wildman–Crippen LogP) is 0.520. The molecule has 0 saturated carbocycles. The van der Waals surface area contributed by atoms with E-state index in [0.29, 0.717) is 6.04 Å². The highest BCUT2D eigenvalue weighted by Crippen LogP contribution is 2.23. The van der Waals surface area contributed by atoms with Gasteiger partial charge in [-0.05, 0) is 38.8 Å². The van der Waals surface area contributed by atoms with Gasteiger partial charge in [0.1, 0.15) is 0 Å². The molecule has 2 heterocycles. The van der Waals surface area contributed by atoms with Gasteiger partial charge in [-0.3, -0.25) is 9.80 Å². The van der Waals surface area contributed by atoms with Crippen molar-refractivity contribution in [2.24, 2.45) is 5.73 Å². The molecule has 2 fully saturated rings. The van der Waals surface area contributed by atoms with Gasteiger partial charge in [0, 0.05) is 38.8 Å². The Labute approximate surface area is 105 Å². The van der Waals surface area contributed by atoms with Crippen LogP contribution in [0.1, 0.15) is 25.7 Å². The fraction of sp³-hybridized carbons (Fsp3) is 1.00. The van der Waals surface area contributed by atoms with E-state index >= 15 is 0 Å². The van der Waals surface area contributed by atoms with Gasteiger partial charge in [0.05, 0.1) is 6.61 Å². The van der Waals surface area contributed by atoms with E-state index in [1.807, 2.05) is 0 Å². The Balaban J connectivity index is 1.85. The molecule has 0 aromatic heterocycles. The standard InChI is InChI=1S/C13H27N3O/c1-17-11-13(4-2-6-14)16-9-8-15-7-3-5-12(15)10-16/h12-13H,2-11,14H2,1H3. The van der Waals surface area contributed by atoms with E-state index in [0.717, 1.165) is 25.6 Å². The van der Waals surface area contributed by atoms with Crippen molar-refractivity contribution in [3.8, 4) is 0 Å². The van der Waals surface area contributed by atoms with Crippen LogP contribution in [-0.2, 0) is 4.74 Å². The van der Waals surface area contributed by atoms with Crippen LogP contribution in [0, 0.1) is 0 Å². The van der Waals surface area contributed by atoms with Gasteiger partial charge in [0.25, 0.3) is 0 Å². The van der Waals surface area contributed by atoms with Crippen molar-refractivity contribution in [2.45, 2.75) is 37.8 Å². The van der Waals surface area contributed by atoms with E-state index in [1.54, 1.807) is 7.11 Å². The van der Waals surface area contributed by atoms with E-state index in [9.17, 15) is 0 Å². The third kappa shape index (κ3) is 3.41. The number of rotatable bonds is 6. The van der Waals surface area contributed by atoms with Crippen LogP contribution in [0.25, 0.3) is 0 Å². The predicted molar refractivity (Wildman–Crippen MR) is 70.1 cm³/mol. The normalized spacial score (nSPS) is 28.2. The maximum absolute atomic E-state index is 5.62. The van der Waals surface area contributed by atoms with Crippen molar-refractivity contribution in [3.05, 3.63) is 0 Å². The first-order chi connectivity index (χ1) is 8.35. The molecule has 4 heteroatoms. The lowest BCUT2D eigenvalue weighted by Gasteiger charge is -2.41. The van der Waals surface area contributed by atoms with Gasteiger partial charge in [0.15, 0.2) is 0 Å². The first kappa shape index (κ1) is 13.3. The van der Waals surface area contributed by atoms with E-state index in [1.165, 1.54) is 45.4 Å². The summed E-state index contributed by atoms with van der Waals surface area (Å²) in [4.78, 5) is 5.29. The summed E-state index contributed by atoms with van der Waals surface area (Å²) in [5, 5.41) is 0.